The van der Waals surface area contributed by atoms with Crippen LogP contribution in [0.2, 0.25) is 0 Å². The zero-order valence-electron chi connectivity index (χ0n) is 8.52. The van der Waals surface area contributed by atoms with Crippen molar-refractivity contribution >= 4 is 12.7 Å². The van der Waals surface area contributed by atoms with Crippen LogP contribution in [0.4, 0.5) is 0 Å². The summed E-state index contributed by atoms with van der Waals surface area (Å²) in [5, 5.41) is 0. The van der Waals surface area contributed by atoms with Crippen LogP contribution in [0.3, 0.4) is 0 Å². The number of guanidine groups is 1. The smallest absolute Gasteiger partial charge is 0.215 e. The lowest BCUT2D eigenvalue weighted by Crippen LogP contribution is -2.49. The van der Waals surface area contributed by atoms with E-state index < -0.39 is 0 Å². The van der Waals surface area contributed by atoms with Gasteiger partial charge < -0.3 is 5.73 Å². The molecule has 4 heteroatoms. The molecule has 0 bridgehead atoms. The summed E-state index contributed by atoms with van der Waals surface area (Å²) in [6, 6.07) is 0.997. The van der Waals surface area contributed by atoms with Gasteiger partial charge in [0.05, 0.1) is 6.04 Å². The minimum atomic E-state index is 0.346. The molecule has 1 saturated carbocycles. The molecule has 0 aromatic carbocycles. The Balaban J connectivity index is 1.92. The van der Waals surface area contributed by atoms with Crippen LogP contribution in [0.25, 0.3) is 0 Å². The Morgan fingerprint density at radius 1 is 1.29 bits per heavy atom. The first-order valence-corrected chi connectivity index (χ1v) is 5.35. The van der Waals surface area contributed by atoms with E-state index in [1.54, 1.807) is 0 Å². The van der Waals surface area contributed by atoms with Crippen molar-refractivity contribution in [2.24, 2.45) is 15.7 Å². The van der Waals surface area contributed by atoms with Crippen molar-refractivity contribution in [1.29, 1.82) is 0 Å². The van der Waals surface area contributed by atoms with Gasteiger partial charge in [0.1, 0.15) is 0 Å². The van der Waals surface area contributed by atoms with Gasteiger partial charge in [0.15, 0.2) is 0 Å². The molecule has 2 N–H and O–H groups in total. The Labute approximate surface area is 84.9 Å². The third-order valence-corrected chi connectivity index (χ3v) is 3.27. The minimum Gasteiger partial charge on any atom is -0.368 e. The van der Waals surface area contributed by atoms with Gasteiger partial charge in [-0.05, 0) is 45.5 Å². The van der Waals surface area contributed by atoms with Crippen LogP contribution in [0.5, 0.6) is 0 Å². The maximum Gasteiger partial charge on any atom is 0.215 e. The molecule has 0 aromatic heterocycles. The van der Waals surface area contributed by atoms with E-state index in [-0.39, 0.29) is 0 Å². The van der Waals surface area contributed by atoms with E-state index >= 15 is 0 Å². The van der Waals surface area contributed by atoms with Gasteiger partial charge in [-0.1, -0.05) is 0 Å². The Bertz CT molecular complexity index is 243. The van der Waals surface area contributed by atoms with Crippen LogP contribution in [0, 0.1) is 0 Å². The lowest BCUT2D eigenvalue weighted by Gasteiger charge is -2.40. The van der Waals surface area contributed by atoms with E-state index in [0.29, 0.717) is 18.0 Å². The number of hydrogen-bond acceptors (Lipinski definition) is 2. The van der Waals surface area contributed by atoms with Gasteiger partial charge in [-0.25, -0.2) is 9.98 Å². The zero-order valence-corrected chi connectivity index (χ0v) is 8.52. The van der Waals surface area contributed by atoms with E-state index in [2.05, 4.69) is 21.6 Å². The van der Waals surface area contributed by atoms with E-state index in [0.717, 1.165) is 6.42 Å². The van der Waals surface area contributed by atoms with Gasteiger partial charge in [-0.15, -0.1) is 0 Å². The summed E-state index contributed by atoms with van der Waals surface area (Å²) in [5.41, 5.74) is 5.55. The normalized spacial score (nSPS) is 34.1. The van der Waals surface area contributed by atoms with Gasteiger partial charge in [0, 0.05) is 6.04 Å². The van der Waals surface area contributed by atoms with Crippen molar-refractivity contribution in [2.45, 2.75) is 37.8 Å². The fraction of sp³-hybridized carbons (Fsp3) is 0.800. The lowest BCUT2D eigenvalue weighted by atomic mass is 9.85. The van der Waals surface area contributed by atoms with Crippen molar-refractivity contribution in [3.63, 3.8) is 0 Å². The third kappa shape index (κ3) is 1.80. The molecular formula is C10H18N4. The number of nitrogens with zero attached hydrogens (tertiary/aromatic N) is 3. The molecule has 2 rings (SSSR count). The van der Waals surface area contributed by atoms with E-state index in [4.69, 9.17) is 5.73 Å². The second kappa shape index (κ2) is 4.09. The number of rotatable bonds is 2. The molecule has 0 amide bonds. The SMILES string of the molecule is C=NC(N)=NC1CC[C@@H]1N1CCCC1. The highest BCUT2D eigenvalue weighted by molar-refractivity contribution is 5.82. The molecule has 0 radical (unpaired) electrons. The topological polar surface area (TPSA) is 54.0 Å². The molecule has 4 nitrogen and oxygen atoms in total. The molecule has 2 fully saturated rings. The van der Waals surface area contributed by atoms with Gasteiger partial charge in [0.25, 0.3) is 0 Å². The van der Waals surface area contributed by atoms with Crippen LogP contribution in [-0.2, 0) is 0 Å². The molecule has 1 heterocycles. The fourth-order valence-corrected chi connectivity index (χ4v) is 2.33. The van der Waals surface area contributed by atoms with Crippen molar-refractivity contribution < 1.29 is 0 Å². The molecule has 1 aliphatic carbocycles. The molecule has 1 aliphatic heterocycles. The minimum absolute atomic E-state index is 0.346. The number of aliphatic imine (C=N–C) groups is 2. The van der Waals surface area contributed by atoms with Crippen LogP contribution in [-0.4, -0.2) is 42.8 Å². The highest BCUT2D eigenvalue weighted by Crippen LogP contribution is 2.30. The monoisotopic (exact) mass is 194 g/mol. The quantitative estimate of drug-likeness (QED) is 0.518. The van der Waals surface area contributed by atoms with Gasteiger partial charge in [0.2, 0.25) is 5.96 Å². The van der Waals surface area contributed by atoms with Crippen LogP contribution in [0.15, 0.2) is 9.98 Å². The first-order valence-electron chi connectivity index (χ1n) is 5.35. The lowest BCUT2D eigenvalue weighted by molar-refractivity contribution is 0.132. The highest BCUT2D eigenvalue weighted by atomic mass is 15.2. The summed E-state index contributed by atoms with van der Waals surface area (Å²) in [4.78, 5) is 10.5. The summed E-state index contributed by atoms with van der Waals surface area (Å²) in [7, 11) is 0. The molecular weight excluding hydrogens is 176 g/mol. The Morgan fingerprint density at radius 3 is 2.50 bits per heavy atom. The largest absolute Gasteiger partial charge is 0.368 e. The van der Waals surface area contributed by atoms with Gasteiger partial charge in [-0.2, -0.15) is 0 Å². The molecule has 0 spiro atoms. The van der Waals surface area contributed by atoms with E-state index in [9.17, 15) is 0 Å². The zero-order chi connectivity index (χ0) is 9.97. The summed E-state index contributed by atoms with van der Waals surface area (Å²) in [5.74, 6) is 0.346. The van der Waals surface area contributed by atoms with Crippen molar-refractivity contribution in [1.82, 2.24) is 4.90 Å². The van der Waals surface area contributed by atoms with E-state index in [1.165, 1.54) is 32.4 Å². The van der Waals surface area contributed by atoms with Crippen LogP contribution >= 0.6 is 0 Å². The van der Waals surface area contributed by atoms with Crippen LogP contribution in [0.1, 0.15) is 25.7 Å². The maximum absolute atomic E-state index is 5.55. The molecule has 0 aromatic rings. The average Bonchev–Trinajstić information content (AvgIpc) is 2.65. The fourth-order valence-electron chi connectivity index (χ4n) is 2.33. The molecule has 2 atom stereocenters. The predicted octanol–water partition coefficient (Wildman–Crippen LogP) is 0.628. The first kappa shape index (κ1) is 9.65. The molecule has 2 aliphatic rings. The third-order valence-electron chi connectivity index (χ3n) is 3.27. The second-order valence-corrected chi connectivity index (χ2v) is 4.10. The highest BCUT2D eigenvalue weighted by Gasteiger charge is 2.36. The Hall–Kier alpha value is -0.900. The van der Waals surface area contributed by atoms with E-state index in [1.807, 2.05) is 0 Å². The van der Waals surface area contributed by atoms with Crippen molar-refractivity contribution in [3.05, 3.63) is 0 Å². The predicted molar refractivity (Wildman–Crippen MR) is 58.8 cm³/mol. The molecule has 14 heavy (non-hydrogen) atoms. The summed E-state index contributed by atoms with van der Waals surface area (Å²) < 4.78 is 0. The molecule has 78 valence electrons. The first-order chi connectivity index (χ1) is 6.81. The standard InChI is InChI=1S/C10H18N4/c1-12-10(11)13-8-4-5-9(8)14-6-2-3-7-14/h8-9H,1-7H2,(H2,11,13)/t8?,9-/m0/s1. The number of hydrogen-bond donors (Lipinski definition) is 1. The number of nitrogens with two attached hydrogens (primary N) is 1. The van der Waals surface area contributed by atoms with Gasteiger partial charge in [-0.3, -0.25) is 4.90 Å². The average molecular weight is 194 g/mol. The second-order valence-electron chi connectivity index (χ2n) is 4.10. The maximum atomic E-state index is 5.55. The Kier molecular flexibility index (Phi) is 2.82. The molecule has 1 saturated heterocycles. The summed E-state index contributed by atoms with van der Waals surface area (Å²) in [6.45, 7) is 5.84. The van der Waals surface area contributed by atoms with Crippen molar-refractivity contribution in [2.75, 3.05) is 13.1 Å². The summed E-state index contributed by atoms with van der Waals surface area (Å²) in [6.07, 6.45) is 5.08. The molecule has 1 unspecified atom stereocenters. The van der Waals surface area contributed by atoms with Gasteiger partial charge >= 0.3 is 0 Å². The van der Waals surface area contributed by atoms with Crippen molar-refractivity contribution in [3.8, 4) is 0 Å². The summed E-state index contributed by atoms with van der Waals surface area (Å²) >= 11 is 0. The number of likely N-dealkylation sites (tertiary alicyclic amines) is 1. The Morgan fingerprint density at radius 2 is 2.00 bits per heavy atom. The van der Waals surface area contributed by atoms with Crippen LogP contribution < -0.4 is 5.73 Å².